The predicted molar refractivity (Wildman–Crippen MR) is 148 cm³/mol. The lowest BCUT2D eigenvalue weighted by Gasteiger charge is -2.45. The molecule has 37 heavy (non-hydrogen) atoms. The molecule has 4 N–H and O–H groups in total. The molecule has 4 aromatic rings. The number of pyridine rings is 1. The van der Waals surface area contributed by atoms with Crippen LogP contribution in [0.2, 0.25) is 0 Å². The van der Waals surface area contributed by atoms with E-state index >= 15 is 4.39 Å². The number of nitrogens with one attached hydrogen (secondary N) is 4. The van der Waals surface area contributed by atoms with Crippen molar-refractivity contribution in [3.8, 4) is 11.4 Å². The molecule has 2 bridgehead atoms. The highest BCUT2D eigenvalue weighted by Crippen LogP contribution is 2.37. The van der Waals surface area contributed by atoms with Gasteiger partial charge in [0.25, 0.3) is 5.56 Å². The van der Waals surface area contributed by atoms with Gasteiger partial charge in [0.1, 0.15) is 17.2 Å². The monoisotopic (exact) mass is 503 g/mol. The van der Waals surface area contributed by atoms with E-state index in [2.05, 4.69) is 30.4 Å². The van der Waals surface area contributed by atoms with Crippen molar-refractivity contribution in [3.05, 3.63) is 52.6 Å². The number of halogens is 1. The number of H-pyrrole nitrogens is 2. The van der Waals surface area contributed by atoms with Gasteiger partial charge in [0.15, 0.2) is 0 Å². The predicted octanol–water partition coefficient (Wildman–Crippen LogP) is 4.08. The Morgan fingerprint density at radius 1 is 1.14 bits per heavy atom. The number of para-hydroxylation sites is 2. The van der Waals surface area contributed by atoms with Crippen LogP contribution >= 0.6 is 0 Å². The summed E-state index contributed by atoms with van der Waals surface area (Å²) in [6, 6.07) is 11.2. The maximum atomic E-state index is 15.4. The third-order valence-electron chi connectivity index (χ3n) is 7.81. The molecular formula is C28H34FN7O. The summed E-state index contributed by atoms with van der Waals surface area (Å²) in [6.07, 6.45) is 3.15. The Hall–Kier alpha value is -3.43. The van der Waals surface area contributed by atoms with Crippen molar-refractivity contribution in [3.63, 3.8) is 0 Å². The lowest BCUT2D eigenvalue weighted by atomic mass is 9.83. The van der Waals surface area contributed by atoms with Crippen molar-refractivity contribution >= 4 is 33.3 Å². The fourth-order valence-corrected chi connectivity index (χ4v) is 5.83. The maximum Gasteiger partial charge on any atom is 0.261 e. The maximum absolute atomic E-state index is 15.4. The molecule has 2 aromatic carbocycles. The fourth-order valence-electron chi connectivity index (χ4n) is 5.83. The zero-order valence-corrected chi connectivity index (χ0v) is 21.4. The van der Waals surface area contributed by atoms with Gasteiger partial charge >= 0.3 is 0 Å². The van der Waals surface area contributed by atoms with Crippen molar-refractivity contribution in [2.45, 2.75) is 25.3 Å². The van der Waals surface area contributed by atoms with E-state index in [1.807, 2.05) is 38.4 Å². The summed E-state index contributed by atoms with van der Waals surface area (Å²) in [4.78, 5) is 29.2. The number of benzene rings is 2. The molecule has 3 fully saturated rings. The fraction of sp³-hybridized carbons (Fsp3) is 0.429. The second-order valence-electron chi connectivity index (χ2n) is 10.7. The molecular weight excluding hydrogens is 469 g/mol. The van der Waals surface area contributed by atoms with Gasteiger partial charge in [0.05, 0.1) is 27.9 Å². The molecule has 0 spiro atoms. The number of aromatic amines is 2. The van der Waals surface area contributed by atoms with Crippen molar-refractivity contribution in [1.29, 1.82) is 0 Å². The number of hydrogen-bond acceptors (Lipinski definition) is 6. The quantitative estimate of drug-likeness (QED) is 0.271. The van der Waals surface area contributed by atoms with Gasteiger partial charge in [-0.3, -0.25) is 4.79 Å². The highest BCUT2D eigenvalue weighted by atomic mass is 19.1. The Labute approximate surface area is 215 Å². The third kappa shape index (κ3) is 4.69. The molecule has 194 valence electrons. The van der Waals surface area contributed by atoms with Crippen molar-refractivity contribution in [2.75, 3.05) is 57.5 Å². The van der Waals surface area contributed by atoms with E-state index < -0.39 is 0 Å². The number of fused-ring (bicyclic) bond motifs is 5. The lowest BCUT2D eigenvalue weighted by Crippen LogP contribution is -2.53. The van der Waals surface area contributed by atoms with Crippen LogP contribution in [0.5, 0.6) is 0 Å². The molecule has 3 aliphatic rings. The third-order valence-corrected chi connectivity index (χ3v) is 7.81. The highest BCUT2D eigenvalue weighted by Gasteiger charge is 2.35. The number of rotatable bonds is 8. The standard InChI is InChI=1S/C28H34FN7O/c1-35(2)11-5-10-30-23-15-22-18(14-19(23)29)26(31-24-16-36-12-8-17(24)9-13-36)25(28(37)34-22)27-32-20-6-3-4-7-21(20)33-27/h3-4,6-7,14-15,17,24,30H,5,8-13,16H2,1-2H3,(H,32,33)(H2,31,34,37)/t24-/m0/s1. The largest absolute Gasteiger partial charge is 0.383 e. The molecule has 0 amide bonds. The van der Waals surface area contributed by atoms with E-state index in [-0.39, 0.29) is 17.4 Å². The van der Waals surface area contributed by atoms with E-state index in [0.717, 1.165) is 56.5 Å². The number of piperidine rings is 3. The van der Waals surface area contributed by atoms with E-state index in [9.17, 15) is 4.79 Å². The van der Waals surface area contributed by atoms with Gasteiger partial charge in [0.2, 0.25) is 0 Å². The molecule has 0 radical (unpaired) electrons. The Bertz CT molecular complexity index is 1450. The summed E-state index contributed by atoms with van der Waals surface area (Å²) in [7, 11) is 4.04. The molecule has 8 nitrogen and oxygen atoms in total. The van der Waals surface area contributed by atoms with Crippen molar-refractivity contribution in [2.24, 2.45) is 5.92 Å². The van der Waals surface area contributed by atoms with Gasteiger partial charge in [-0.25, -0.2) is 9.37 Å². The molecule has 1 atom stereocenters. The average Bonchev–Trinajstić information content (AvgIpc) is 3.31. The summed E-state index contributed by atoms with van der Waals surface area (Å²) in [5.74, 6) is 0.682. The normalized spacial score (nSPS) is 21.2. The number of hydrogen-bond donors (Lipinski definition) is 4. The minimum Gasteiger partial charge on any atom is -0.383 e. The molecule has 3 aliphatic heterocycles. The molecule has 3 saturated heterocycles. The number of aromatic nitrogens is 3. The molecule has 2 aromatic heterocycles. The van der Waals surface area contributed by atoms with Crippen LogP contribution in [0.3, 0.4) is 0 Å². The van der Waals surface area contributed by atoms with Crippen molar-refractivity contribution < 1.29 is 4.39 Å². The van der Waals surface area contributed by atoms with Gasteiger partial charge in [-0.2, -0.15) is 0 Å². The van der Waals surface area contributed by atoms with Gasteiger partial charge in [-0.05, 0) is 83.2 Å². The number of anilines is 2. The van der Waals surface area contributed by atoms with Crippen LogP contribution in [-0.2, 0) is 0 Å². The van der Waals surface area contributed by atoms with Crippen molar-refractivity contribution in [1.82, 2.24) is 24.8 Å². The van der Waals surface area contributed by atoms with Crippen LogP contribution in [0.25, 0.3) is 33.3 Å². The Kier molecular flexibility index (Phi) is 6.34. The zero-order chi connectivity index (χ0) is 25.5. The summed E-state index contributed by atoms with van der Waals surface area (Å²) >= 11 is 0. The number of nitrogens with zero attached hydrogens (tertiary/aromatic N) is 3. The van der Waals surface area contributed by atoms with Crippen LogP contribution in [0.4, 0.5) is 15.8 Å². The first-order valence-corrected chi connectivity index (χ1v) is 13.2. The van der Waals surface area contributed by atoms with Gasteiger partial charge < -0.3 is 30.4 Å². The minimum absolute atomic E-state index is 0.197. The first-order chi connectivity index (χ1) is 18.0. The van der Waals surface area contributed by atoms with E-state index in [1.54, 1.807) is 6.07 Å². The van der Waals surface area contributed by atoms with E-state index in [1.165, 1.54) is 6.07 Å². The number of imidazole rings is 1. The molecule has 5 heterocycles. The Morgan fingerprint density at radius 3 is 2.68 bits per heavy atom. The van der Waals surface area contributed by atoms with E-state index in [4.69, 9.17) is 4.98 Å². The zero-order valence-electron chi connectivity index (χ0n) is 21.4. The molecule has 0 saturated carbocycles. The highest BCUT2D eigenvalue weighted by molar-refractivity contribution is 6.00. The Morgan fingerprint density at radius 2 is 1.95 bits per heavy atom. The SMILES string of the molecule is CN(C)CCCNc1cc2[nH]c(=O)c(-c3nc4ccccc4[nH]3)c(N[C@H]3CN4CCC3CC4)c2cc1F. The summed E-state index contributed by atoms with van der Waals surface area (Å²) in [5.41, 5.74) is 3.46. The van der Waals surface area contributed by atoms with Gasteiger partial charge in [-0.15, -0.1) is 0 Å². The van der Waals surface area contributed by atoms with Crippen LogP contribution in [0.1, 0.15) is 19.3 Å². The van der Waals surface area contributed by atoms with E-state index in [0.29, 0.717) is 46.1 Å². The van der Waals surface area contributed by atoms with Crippen LogP contribution in [0, 0.1) is 11.7 Å². The van der Waals surface area contributed by atoms with Crippen LogP contribution in [0.15, 0.2) is 41.2 Å². The average molecular weight is 504 g/mol. The molecule has 0 aliphatic carbocycles. The summed E-state index contributed by atoms with van der Waals surface area (Å²) < 4.78 is 15.4. The molecule has 9 heteroatoms. The second kappa shape index (κ2) is 9.79. The smallest absolute Gasteiger partial charge is 0.261 e. The first kappa shape index (κ1) is 23.9. The first-order valence-electron chi connectivity index (χ1n) is 13.2. The Balaban J connectivity index is 1.44. The molecule has 7 rings (SSSR count). The topological polar surface area (TPSA) is 92.1 Å². The summed E-state index contributed by atoms with van der Waals surface area (Å²) in [5, 5.41) is 7.56. The van der Waals surface area contributed by atoms with Gasteiger partial charge in [-0.1, -0.05) is 12.1 Å². The van der Waals surface area contributed by atoms with Gasteiger partial charge in [0, 0.05) is 24.5 Å². The minimum atomic E-state index is -0.336. The van der Waals surface area contributed by atoms with Crippen LogP contribution < -0.4 is 16.2 Å². The second-order valence-corrected chi connectivity index (χ2v) is 10.7. The van der Waals surface area contributed by atoms with Crippen LogP contribution in [-0.4, -0.2) is 77.6 Å². The summed E-state index contributed by atoms with van der Waals surface area (Å²) in [6.45, 7) is 4.71. The molecule has 0 unspecified atom stereocenters. The lowest BCUT2D eigenvalue weighted by molar-refractivity contribution is 0.0976.